The van der Waals surface area contributed by atoms with Gasteiger partial charge in [0.15, 0.2) is 11.5 Å². The number of benzene rings is 2. The highest BCUT2D eigenvalue weighted by Crippen LogP contribution is 2.23. The molecule has 5 rings (SSSR count). The molecule has 0 aliphatic heterocycles. The first-order chi connectivity index (χ1) is 14.5. The van der Waals surface area contributed by atoms with Crippen LogP contribution in [0.4, 0.5) is 5.82 Å². The monoisotopic (exact) mass is 481 g/mol. The second-order valence-corrected chi connectivity index (χ2v) is 7.91. The average Bonchev–Trinajstić information content (AvgIpc) is 3.19. The third kappa shape index (κ3) is 3.12. The Hall–Kier alpha value is -3.30. The maximum absolute atomic E-state index is 13.4. The van der Waals surface area contributed by atoms with Gasteiger partial charge in [-0.15, -0.1) is 0 Å². The molecule has 5 aromatic rings. The number of nitrogens with zero attached hydrogens (tertiary/aromatic N) is 5. The Morgan fingerprint density at radius 2 is 1.97 bits per heavy atom. The lowest BCUT2D eigenvalue weighted by Gasteiger charge is -2.15. The van der Waals surface area contributed by atoms with E-state index in [1.807, 2.05) is 12.1 Å². The molecule has 0 aliphatic rings. The molecule has 0 fully saturated rings. The minimum atomic E-state index is -0.238. The molecule has 0 aliphatic carbocycles. The number of nitrogens with two attached hydrogens (primary N) is 1. The molecule has 148 valence electrons. The Balaban J connectivity index is 1.77. The lowest BCUT2D eigenvalue weighted by molar-refractivity contribution is 0.820. The van der Waals surface area contributed by atoms with Gasteiger partial charge >= 0.3 is 0 Å². The Bertz CT molecular complexity index is 1490. The molecule has 30 heavy (non-hydrogen) atoms. The van der Waals surface area contributed by atoms with Crippen LogP contribution in [0.15, 0.2) is 58.1 Å². The number of halogens is 2. The van der Waals surface area contributed by atoms with Crippen LogP contribution in [-0.4, -0.2) is 29.5 Å². The first-order valence-corrected chi connectivity index (χ1v) is 10.1. The molecule has 10 heteroatoms. The smallest absolute Gasteiger partial charge is 0.266 e. The second-order valence-electron chi connectivity index (χ2n) is 6.58. The van der Waals surface area contributed by atoms with Crippen molar-refractivity contribution in [2.75, 3.05) is 5.73 Å². The van der Waals surface area contributed by atoms with E-state index in [0.717, 1.165) is 4.47 Å². The first-order valence-electron chi connectivity index (χ1n) is 8.93. The predicted octanol–water partition coefficient (Wildman–Crippen LogP) is 3.64. The van der Waals surface area contributed by atoms with E-state index in [1.54, 1.807) is 30.3 Å². The molecule has 3 aromatic heterocycles. The van der Waals surface area contributed by atoms with E-state index in [4.69, 9.17) is 22.3 Å². The van der Waals surface area contributed by atoms with Crippen molar-refractivity contribution in [2.45, 2.75) is 6.42 Å². The van der Waals surface area contributed by atoms with Gasteiger partial charge in [-0.05, 0) is 30.3 Å². The molecule has 0 spiro atoms. The Morgan fingerprint density at radius 1 is 1.13 bits per heavy atom. The van der Waals surface area contributed by atoms with Crippen molar-refractivity contribution in [3.05, 3.63) is 80.3 Å². The van der Waals surface area contributed by atoms with Gasteiger partial charge < -0.3 is 10.7 Å². The third-order valence-corrected chi connectivity index (χ3v) is 5.48. The molecule has 0 radical (unpaired) electrons. The van der Waals surface area contributed by atoms with Crippen molar-refractivity contribution in [3.8, 4) is 5.69 Å². The number of hydrogen-bond acceptors (Lipinski definition) is 6. The zero-order valence-corrected chi connectivity index (χ0v) is 17.6. The van der Waals surface area contributed by atoms with Crippen LogP contribution in [0.1, 0.15) is 11.6 Å². The summed E-state index contributed by atoms with van der Waals surface area (Å²) in [6.45, 7) is 0. The van der Waals surface area contributed by atoms with Gasteiger partial charge in [-0.1, -0.05) is 39.7 Å². The standard InChI is InChI=1S/C20H13BrClN7O/c21-10-5-6-13-11(7-10)20(30)29(14-4-2-1-3-12(14)22)16(26-13)8-15-27-18(23)17-19(28-15)25-9-24-17/h1-7,9H,8H2,(H3,23,24,25,27,28). The zero-order chi connectivity index (χ0) is 20.8. The Labute approximate surface area is 182 Å². The van der Waals surface area contributed by atoms with E-state index < -0.39 is 0 Å². The summed E-state index contributed by atoms with van der Waals surface area (Å²) >= 11 is 9.83. The zero-order valence-electron chi connectivity index (χ0n) is 15.3. The summed E-state index contributed by atoms with van der Waals surface area (Å²) in [5.41, 5.74) is 7.91. The fourth-order valence-electron chi connectivity index (χ4n) is 3.33. The molecule has 0 saturated carbocycles. The second kappa shape index (κ2) is 7.19. The third-order valence-electron chi connectivity index (χ3n) is 4.67. The number of rotatable bonds is 3. The molecule has 3 heterocycles. The maximum Gasteiger partial charge on any atom is 0.266 e. The van der Waals surface area contributed by atoms with E-state index in [2.05, 4.69) is 35.9 Å². The number of fused-ring (bicyclic) bond motifs is 2. The van der Waals surface area contributed by atoms with Crippen LogP contribution in [0.2, 0.25) is 5.02 Å². The highest BCUT2D eigenvalue weighted by molar-refractivity contribution is 9.10. The summed E-state index contributed by atoms with van der Waals surface area (Å²) in [6, 6.07) is 12.5. The largest absolute Gasteiger partial charge is 0.382 e. The van der Waals surface area contributed by atoms with Crippen molar-refractivity contribution in [1.82, 2.24) is 29.5 Å². The lowest BCUT2D eigenvalue weighted by atomic mass is 10.2. The molecule has 0 saturated heterocycles. The number of hydrogen-bond donors (Lipinski definition) is 2. The van der Waals surface area contributed by atoms with E-state index in [0.29, 0.717) is 44.4 Å². The van der Waals surface area contributed by atoms with Gasteiger partial charge in [0.2, 0.25) is 0 Å². The van der Waals surface area contributed by atoms with E-state index in [-0.39, 0.29) is 17.8 Å². The van der Waals surface area contributed by atoms with E-state index in [9.17, 15) is 4.79 Å². The van der Waals surface area contributed by atoms with Crippen molar-refractivity contribution < 1.29 is 0 Å². The van der Waals surface area contributed by atoms with E-state index in [1.165, 1.54) is 10.9 Å². The normalized spacial score (nSPS) is 11.4. The molecule has 0 atom stereocenters. The van der Waals surface area contributed by atoms with Gasteiger partial charge in [-0.2, -0.15) is 0 Å². The molecule has 0 bridgehead atoms. The minimum Gasteiger partial charge on any atom is -0.382 e. The van der Waals surface area contributed by atoms with Crippen LogP contribution in [0.25, 0.3) is 27.8 Å². The maximum atomic E-state index is 13.4. The van der Waals surface area contributed by atoms with Crippen LogP contribution in [-0.2, 0) is 6.42 Å². The molecule has 2 aromatic carbocycles. The van der Waals surface area contributed by atoms with Crippen molar-refractivity contribution in [3.63, 3.8) is 0 Å². The number of nitrogen functional groups attached to an aromatic ring is 1. The van der Waals surface area contributed by atoms with Crippen LogP contribution in [0.3, 0.4) is 0 Å². The van der Waals surface area contributed by atoms with Crippen molar-refractivity contribution in [2.24, 2.45) is 0 Å². The first kappa shape index (κ1) is 18.7. The fourth-order valence-corrected chi connectivity index (χ4v) is 3.91. The van der Waals surface area contributed by atoms with Gasteiger partial charge in [0, 0.05) is 4.47 Å². The Morgan fingerprint density at radius 3 is 2.80 bits per heavy atom. The SMILES string of the molecule is Nc1nc(Cc2nc3ccc(Br)cc3c(=O)n2-c2ccccc2Cl)nc2nc[nH]c12. The number of imidazole rings is 1. The summed E-state index contributed by atoms with van der Waals surface area (Å²) in [7, 11) is 0. The molecule has 0 amide bonds. The van der Waals surface area contributed by atoms with Crippen LogP contribution < -0.4 is 11.3 Å². The fraction of sp³-hybridized carbons (Fsp3) is 0.0500. The quantitative estimate of drug-likeness (QED) is 0.406. The number of para-hydroxylation sites is 1. The molecule has 8 nitrogen and oxygen atoms in total. The number of aromatic amines is 1. The highest BCUT2D eigenvalue weighted by atomic mass is 79.9. The van der Waals surface area contributed by atoms with E-state index >= 15 is 0 Å². The number of H-pyrrole nitrogens is 1. The predicted molar refractivity (Wildman–Crippen MR) is 119 cm³/mol. The van der Waals surface area contributed by atoms with Gasteiger partial charge in [0.05, 0.1) is 34.4 Å². The molecular formula is C20H13BrClN7O. The average molecular weight is 483 g/mol. The van der Waals surface area contributed by atoms with Crippen LogP contribution >= 0.6 is 27.5 Å². The lowest BCUT2D eigenvalue weighted by Crippen LogP contribution is -2.25. The van der Waals surface area contributed by atoms with Gasteiger partial charge in [0.25, 0.3) is 5.56 Å². The molecule has 0 unspecified atom stereocenters. The summed E-state index contributed by atoms with van der Waals surface area (Å²) in [6.07, 6.45) is 1.67. The summed E-state index contributed by atoms with van der Waals surface area (Å²) in [4.78, 5) is 34.0. The number of aromatic nitrogens is 6. The van der Waals surface area contributed by atoms with Crippen molar-refractivity contribution >= 4 is 55.4 Å². The topological polar surface area (TPSA) is 115 Å². The van der Waals surface area contributed by atoms with Crippen LogP contribution in [0, 0.1) is 0 Å². The minimum absolute atomic E-state index is 0.166. The number of anilines is 1. The summed E-state index contributed by atoms with van der Waals surface area (Å²) < 4.78 is 2.28. The van der Waals surface area contributed by atoms with Gasteiger partial charge in [-0.25, -0.2) is 19.9 Å². The Kier molecular flexibility index (Phi) is 4.48. The summed E-state index contributed by atoms with van der Waals surface area (Å²) in [5, 5.41) is 0.899. The van der Waals surface area contributed by atoms with Crippen LogP contribution in [0.5, 0.6) is 0 Å². The highest BCUT2D eigenvalue weighted by Gasteiger charge is 2.17. The van der Waals surface area contributed by atoms with Gasteiger partial charge in [-0.3, -0.25) is 9.36 Å². The van der Waals surface area contributed by atoms with Gasteiger partial charge in [0.1, 0.15) is 17.2 Å². The van der Waals surface area contributed by atoms with Crippen molar-refractivity contribution in [1.29, 1.82) is 0 Å². The molecular weight excluding hydrogens is 470 g/mol. The summed E-state index contributed by atoms with van der Waals surface area (Å²) in [5.74, 6) is 1.12. The molecule has 3 N–H and O–H groups in total. The number of nitrogens with one attached hydrogen (secondary N) is 1.